The highest BCUT2D eigenvalue weighted by atomic mass is 19.1. The largest absolute Gasteiger partial charge is 0.377 e. The van der Waals surface area contributed by atoms with Crippen molar-refractivity contribution in [2.24, 2.45) is 7.05 Å². The highest BCUT2D eigenvalue weighted by molar-refractivity contribution is 6.02. The Labute approximate surface area is 208 Å². The fourth-order valence-electron chi connectivity index (χ4n) is 5.32. The summed E-state index contributed by atoms with van der Waals surface area (Å²) in [6.45, 7) is 6.68. The number of pyridine rings is 2. The molecule has 0 N–H and O–H groups in total. The van der Waals surface area contributed by atoms with Crippen LogP contribution in [0.1, 0.15) is 38.1 Å². The number of hydrogen-bond acceptors (Lipinski definition) is 7. The van der Waals surface area contributed by atoms with Crippen LogP contribution in [0.5, 0.6) is 0 Å². The molecular weight excluding hydrogens is 461 g/mol. The molecule has 0 spiro atoms. The number of rotatable bonds is 4. The molecular formula is C26H30FN7O2. The van der Waals surface area contributed by atoms with Crippen LogP contribution >= 0.6 is 0 Å². The van der Waals surface area contributed by atoms with Crippen molar-refractivity contribution in [1.29, 1.82) is 0 Å². The van der Waals surface area contributed by atoms with E-state index in [4.69, 9.17) is 14.5 Å². The summed E-state index contributed by atoms with van der Waals surface area (Å²) in [6.07, 6.45) is 7.77. The zero-order valence-corrected chi connectivity index (χ0v) is 20.8. The van der Waals surface area contributed by atoms with E-state index in [9.17, 15) is 0 Å². The molecule has 1 unspecified atom stereocenters. The van der Waals surface area contributed by atoms with Crippen LogP contribution in [0.2, 0.25) is 0 Å². The Morgan fingerprint density at radius 1 is 1.17 bits per heavy atom. The standard InChI is InChI=1S/C26H30FN7O2/c1-16-15-35-11-9-33(16)22-12-18(19-14-32(3)31-17(19)2)24-20(27)13-28-25(26(24)30-22)21-7-8-29-34(21)23-6-4-5-10-36-23/h7-8,12-14,16,23H,4-6,9-11,15H2,1-3H3/t16-,23?/m1/s1. The zero-order valence-electron chi connectivity index (χ0n) is 20.8. The quantitative estimate of drug-likeness (QED) is 0.422. The smallest absolute Gasteiger partial charge is 0.151 e. The molecule has 6 heterocycles. The molecule has 4 aromatic heterocycles. The van der Waals surface area contributed by atoms with E-state index in [0.29, 0.717) is 43.0 Å². The number of aromatic nitrogens is 6. The lowest BCUT2D eigenvalue weighted by atomic mass is 10.00. The lowest BCUT2D eigenvalue weighted by Gasteiger charge is -2.34. The maximum atomic E-state index is 15.6. The van der Waals surface area contributed by atoms with Crippen LogP contribution in [0, 0.1) is 12.7 Å². The van der Waals surface area contributed by atoms with Gasteiger partial charge in [-0.2, -0.15) is 10.2 Å². The van der Waals surface area contributed by atoms with Gasteiger partial charge in [0, 0.05) is 49.1 Å². The van der Waals surface area contributed by atoms with Crippen molar-refractivity contribution in [2.45, 2.75) is 45.4 Å². The van der Waals surface area contributed by atoms with Gasteiger partial charge in [0.25, 0.3) is 0 Å². The minimum absolute atomic E-state index is 0.137. The molecule has 2 saturated heterocycles. The van der Waals surface area contributed by atoms with Crippen LogP contribution in [0.15, 0.2) is 30.7 Å². The van der Waals surface area contributed by atoms with E-state index in [1.165, 1.54) is 6.20 Å². The van der Waals surface area contributed by atoms with Gasteiger partial charge in [0.05, 0.1) is 36.8 Å². The molecule has 2 fully saturated rings. The van der Waals surface area contributed by atoms with E-state index in [1.807, 2.05) is 37.0 Å². The van der Waals surface area contributed by atoms with Crippen molar-refractivity contribution < 1.29 is 13.9 Å². The summed E-state index contributed by atoms with van der Waals surface area (Å²) in [5.41, 5.74) is 4.29. The van der Waals surface area contributed by atoms with Crippen molar-refractivity contribution >= 4 is 16.7 Å². The fraction of sp³-hybridized carbons (Fsp3) is 0.462. The van der Waals surface area contributed by atoms with Gasteiger partial charge >= 0.3 is 0 Å². The van der Waals surface area contributed by atoms with Gasteiger partial charge < -0.3 is 14.4 Å². The number of aryl methyl sites for hydroxylation is 2. The lowest BCUT2D eigenvalue weighted by molar-refractivity contribution is -0.0383. The molecule has 0 amide bonds. The van der Waals surface area contributed by atoms with Crippen LogP contribution in [0.3, 0.4) is 0 Å². The van der Waals surface area contributed by atoms with E-state index in [-0.39, 0.29) is 12.3 Å². The third-order valence-electron chi connectivity index (χ3n) is 7.08. The normalized spacial score (nSPS) is 20.8. The number of halogens is 1. The van der Waals surface area contributed by atoms with E-state index >= 15 is 4.39 Å². The first kappa shape index (κ1) is 23.1. The maximum absolute atomic E-state index is 15.6. The van der Waals surface area contributed by atoms with Crippen LogP contribution < -0.4 is 4.90 Å². The Morgan fingerprint density at radius 3 is 2.81 bits per heavy atom. The summed E-state index contributed by atoms with van der Waals surface area (Å²) < 4.78 is 30.9. The molecule has 4 aromatic rings. The Morgan fingerprint density at radius 2 is 2.06 bits per heavy atom. The first-order chi connectivity index (χ1) is 17.5. The van der Waals surface area contributed by atoms with E-state index in [2.05, 4.69) is 27.0 Å². The number of anilines is 1. The van der Waals surface area contributed by atoms with Crippen LogP contribution in [0.4, 0.5) is 10.2 Å². The molecule has 10 heteroatoms. The third-order valence-corrected chi connectivity index (χ3v) is 7.08. The van der Waals surface area contributed by atoms with Gasteiger partial charge in [-0.15, -0.1) is 0 Å². The molecule has 188 valence electrons. The number of morpholine rings is 1. The van der Waals surface area contributed by atoms with Gasteiger partial charge in [-0.1, -0.05) is 0 Å². The zero-order chi connectivity index (χ0) is 24.8. The molecule has 0 radical (unpaired) electrons. The first-order valence-corrected chi connectivity index (χ1v) is 12.5. The molecule has 6 rings (SSSR count). The van der Waals surface area contributed by atoms with Gasteiger partial charge in [0.1, 0.15) is 17.0 Å². The highest BCUT2D eigenvalue weighted by Crippen LogP contribution is 2.39. The van der Waals surface area contributed by atoms with Crippen molar-refractivity contribution in [1.82, 2.24) is 29.5 Å². The van der Waals surface area contributed by atoms with Gasteiger partial charge in [-0.25, -0.2) is 19.0 Å². The van der Waals surface area contributed by atoms with Crippen LogP contribution in [-0.2, 0) is 16.5 Å². The SMILES string of the molecule is Cc1nn(C)cc1-c1cc(N2CCOC[C@H]2C)nc2c(-c3ccnn3C3CCCCO3)ncc(F)c12. The first-order valence-electron chi connectivity index (χ1n) is 12.5. The molecule has 9 nitrogen and oxygen atoms in total. The number of fused-ring (bicyclic) bond motifs is 1. The Hall–Kier alpha value is -3.37. The van der Waals surface area contributed by atoms with Gasteiger partial charge in [-0.3, -0.25) is 4.68 Å². The lowest BCUT2D eigenvalue weighted by Crippen LogP contribution is -2.44. The van der Waals surface area contributed by atoms with Crippen molar-refractivity contribution in [3.63, 3.8) is 0 Å². The number of nitrogens with zero attached hydrogens (tertiary/aromatic N) is 7. The van der Waals surface area contributed by atoms with E-state index in [0.717, 1.165) is 47.6 Å². The molecule has 0 bridgehead atoms. The summed E-state index contributed by atoms with van der Waals surface area (Å²) in [7, 11) is 1.87. The predicted molar refractivity (Wildman–Crippen MR) is 134 cm³/mol. The summed E-state index contributed by atoms with van der Waals surface area (Å²) in [5.74, 6) is 0.353. The molecule has 0 saturated carbocycles. The maximum Gasteiger partial charge on any atom is 0.151 e. The Balaban J connectivity index is 1.61. The molecule has 36 heavy (non-hydrogen) atoms. The second-order valence-corrected chi connectivity index (χ2v) is 9.61. The summed E-state index contributed by atoms with van der Waals surface area (Å²) in [5, 5.41) is 9.51. The second kappa shape index (κ2) is 9.25. The molecule has 2 aliphatic rings. The van der Waals surface area contributed by atoms with Gasteiger partial charge in [0.15, 0.2) is 12.0 Å². The highest BCUT2D eigenvalue weighted by Gasteiger charge is 2.27. The van der Waals surface area contributed by atoms with Crippen molar-refractivity contribution in [2.75, 3.05) is 31.3 Å². The minimum atomic E-state index is -0.416. The van der Waals surface area contributed by atoms with Crippen LogP contribution in [-0.4, -0.2) is 61.9 Å². The van der Waals surface area contributed by atoms with E-state index in [1.54, 1.807) is 10.9 Å². The number of ether oxygens (including phenoxy) is 2. The Kier molecular flexibility index (Phi) is 5.93. The second-order valence-electron chi connectivity index (χ2n) is 9.61. The molecule has 0 aromatic carbocycles. The average Bonchev–Trinajstić information content (AvgIpc) is 3.50. The average molecular weight is 492 g/mol. The third kappa shape index (κ3) is 3.94. The number of hydrogen-bond donors (Lipinski definition) is 0. The topological polar surface area (TPSA) is 83.1 Å². The summed E-state index contributed by atoms with van der Waals surface area (Å²) in [6, 6.07) is 4.01. The molecule has 2 atom stereocenters. The Bertz CT molecular complexity index is 1410. The van der Waals surface area contributed by atoms with Crippen molar-refractivity contribution in [3.05, 3.63) is 42.2 Å². The summed E-state index contributed by atoms with van der Waals surface area (Å²) >= 11 is 0. The van der Waals surface area contributed by atoms with Gasteiger partial charge in [0.2, 0.25) is 0 Å². The van der Waals surface area contributed by atoms with Gasteiger partial charge in [-0.05, 0) is 45.2 Å². The van der Waals surface area contributed by atoms with Crippen LogP contribution in [0.25, 0.3) is 33.4 Å². The van der Waals surface area contributed by atoms with Crippen molar-refractivity contribution in [3.8, 4) is 22.5 Å². The molecule has 0 aliphatic carbocycles. The fourth-order valence-corrected chi connectivity index (χ4v) is 5.32. The summed E-state index contributed by atoms with van der Waals surface area (Å²) in [4.78, 5) is 11.8. The predicted octanol–water partition coefficient (Wildman–Crippen LogP) is 4.27. The molecule has 2 aliphatic heterocycles. The monoisotopic (exact) mass is 491 g/mol. The van der Waals surface area contributed by atoms with E-state index < -0.39 is 5.82 Å². The minimum Gasteiger partial charge on any atom is -0.377 e.